The van der Waals surface area contributed by atoms with Gasteiger partial charge in [0.2, 0.25) is 0 Å². The molecule has 94 valence electrons. The van der Waals surface area contributed by atoms with Crippen molar-refractivity contribution in [2.75, 3.05) is 13.2 Å². The summed E-state index contributed by atoms with van der Waals surface area (Å²) in [6.45, 7) is 5.79. The van der Waals surface area contributed by atoms with Gasteiger partial charge in [0.05, 0.1) is 12.7 Å². The van der Waals surface area contributed by atoms with E-state index < -0.39 is 5.79 Å². The Morgan fingerprint density at radius 1 is 1.41 bits per heavy atom. The number of para-hydroxylation sites is 1. The predicted octanol–water partition coefficient (Wildman–Crippen LogP) is 1.63. The van der Waals surface area contributed by atoms with E-state index in [9.17, 15) is 5.11 Å². The lowest BCUT2D eigenvalue weighted by Crippen LogP contribution is -2.30. The molecule has 0 spiro atoms. The van der Waals surface area contributed by atoms with E-state index in [0.29, 0.717) is 18.9 Å². The van der Waals surface area contributed by atoms with Crippen LogP contribution in [0.25, 0.3) is 0 Å². The monoisotopic (exact) mass is 237 g/mol. The molecule has 0 bridgehead atoms. The molecular formula is C13H19NO3. The van der Waals surface area contributed by atoms with E-state index in [1.807, 2.05) is 32.0 Å². The Labute approximate surface area is 102 Å². The minimum Gasteiger partial charge on any atom is -0.508 e. The van der Waals surface area contributed by atoms with Crippen molar-refractivity contribution in [3.05, 3.63) is 29.8 Å². The van der Waals surface area contributed by atoms with Gasteiger partial charge in [-0.05, 0) is 19.9 Å². The van der Waals surface area contributed by atoms with Crippen LogP contribution in [0.15, 0.2) is 24.3 Å². The summed E-state index contributed by atoms with van der Waals surface area (Å²) >= 11 is 0. The number of ether oxygens (including phenoxy) is 2. The second kappa shape index (κ2) is 5.04. The van der Waals surface area contributed by atoms with Gasteiger partial charge in [-0.15, -0.1) is 0 Å². The zero-order valence-corrected chi connectivity index (χ0v) is 10.3. The molecule has 1 heterocycles. The molecule has 1 aliphatic heterocycles. The lowest BCUT2D eigenvalue weighted by molar-refractivity contribution is -0.137. The summed E-state index contributed by atoms with van der Waals surface area (Å²) in [6, 6.07) is 7.32. The van der Waals surface area contributed by atoms with Crippen molar-refractivity contribution >= 4 is 0 Å². The molecule has 0 amide bonds. The molecule has 4 nitrogen and oxygen atoms in total. The zero-order valence-electron chi connectivity index (χ0n) is 10.3. The fourth-order valence-electron chi connectivity index (χ4n) is 1.89. The number of hydrogen-bond acceptors (Lipinski definition) is 4. The summed E-state index contributed by atoms with van der Waals surface area (Å²) in [4.78, 5) is 0. The normalized spacial score (nSPS) is 22.8. The van der Waals surface area contributed by atoms with Crippen LogP contribution in [0, 0.1) is 0 Å². The first kappa shape index (κ1) is 12.4. The number of phenolic OH excluding ortho intramolecular Hbond substituents is 1. The summed E-state index contributed by atoms with van der Waals surface area (Å²) in [5.74, 6) is -0.148. The molecule has 1 fully saturated rings. The highest BCUT2D eigenvalue weighted by atomic mass is 16.7. The quantitative estimate of drug-likeness (QED) is 0.835. The highest BCUT2D eigenvalue weighted by Crippen LogP contribution is 2.22. The summed E-state index contributed by atoms with van der Waals surface area (Å²) < 4.78 is 11.1. The summed E-state index contributed by atoms with van der Waals surface area (Å²) in [5, 5.41) is 12.8. The second-order valence-electron chi connectivity index (χ2n) is 4.71. The minimum atomic E-state index is -0.471. The van der Waals surface area contributed by atoms with Crippen molar-refractivity contribution in [1.29, 1.82) is 0 Å². The largest absolute Gasteiger partial charge is 0.508 e. The van der Waals surface area contributed by atoms with Gasteiger partial charge in [-0.25, -0.2) is 0 Å². The topological polar surface area (TPSA) is 50.7 Å². The molecular weight excluding hydrogens is 218 g/mol. The van der Waals surface area contributed by atoms with E-state index in [1.54, 1.807) is 6.07 Å². The van der Waals surface area contributed by atoms with Crippen LogP contribution in [0.3, 0.4) is 0 Å². The maximum atomic E-state index is 9.59. The lowest BCUT2D eigenvalue weighted by atomic mass is 10.2. The molecule has 1 aromatic rings. The summed E-state index contributed by atoms with van der Waals surface area (Å²) in [6.07, 6.45) is 0.0795. The lowest BCUT2D eigenvalue weighted by Gasteiger charge is -2.17. The smallest absolute Gasteiger partial charge is 0.163 e. The first-order valence-electron chi connectivity index (χ1n) is 5.86. The number of aromatic hydroxyl groups is 1. The Morgan fingerprint density at radius 2 is 2.18 bits per heavy atom. The highest BCUT2D eigenvalue weighted by Gasteiger charge is 2.32. The van der Waals surface area contributed by atoms with E-state index in [2.05, 4.69) is 5.32 Å². The molecule has 4 heteroatoms. The van der Waals surface area contributed by atoms with E-state index in [1.165, 1.54) is 0 Å². The van der Waals surface area contributed by atoms with Crippen LogP contribution in [0.2, 0.25) is 0 Å². The van der Waals surface area contributed by atoms with Crippen molar-refractivity contribution in [3.8, 4) is 5.75 Å². The molecule has 2 N–H and O–H groups in total. The van der Waals surface area contributed by atoms with Gasteiger partial charge in [0, 0.05) is 18.7 Å². The molecule has 1 aliphatic rings. The molecule has 1 atom stereocenters. The number of phenols is 1. The molecule has 1 unspecified atom stereocenters. The van der Waals surface area contributed by atoms with E-state index in [0.717, 1.165) is 12.1 Å². The van der Waals surface area contributed by atoms with Crippen LogP contribution in [0.5, 0.6) is 5.75 Å². The van der Waals surface area contributed by atoms with E-state index in [-0.39, 0.29) is 6.10 Å². The van der Waals surface area contributed by atoms with Gasteiger partial charge in [0.15, 0.2) is 5.79 Å². The number of hydrogen-bond donors (Lipinski definition) is 2. The Kier molecular flexibility index (Phi) is 3.66. The van der Waals surface area contributed by atoms with E-state index in [4.69, 9.17) is 9.47 Å². The summed E-state index contributed by atoms with van der Waals surface area (Å²) in [7, 11) is 0. The maximum absolute atomic E-state index is 9.59. The Bertz CT molecular complexity index is 379. The van der Waals surface area contributed by atoms with Gasteiger partial charge in [0.1, 0.15) is 5.75 Å². The average Bonchev–Trinajstić information content (AvgIpc) is 2.61. The minimum absolute atomic E-state index is 0.0795. The van der Waals surface area contributed by atoms with Crippen LogP contribution in [-0.4, -0.2) is 30.1 Å². The third-order valence-corrected chi connectivity index (χ3v) is 2.75. The van der Waals surface area contributed by atoms with E-state index >= 15 is 0 Å². The van der Waals surface area contributed by atoms with Crippen molar-refractivity contribution in [1.82, 2.24) is 5.32 Å². The molecule has 17 heavy (non-hydrogen) atoms. The van der Waals surface area contributed by atoms with Gasteiger partial charge < -0.3 is 19.9 Å². The Balaban J connectivity index is 1.76. The van der Waals surface area contributed by atoms with Gasteiger partial charge in [-0.1, -0.05) is 18.2 Å². The average molecular weight is 237 g/mol. The molecule has 0 aliphatic carbocycles. The molecule has 2 rings (SSSR count). The highest BCUT2D eigenvalue weighted by molar-refractivity contribution is 5.31. The van der Waals surface area contributed by atoms with Crippen molar-refractivity contribution in [2.45, 2.75) is 32.3 Å². The molecule has 0 aromatic heterocycles. The van der Waals surface area contributed by atoms with Gasteiger partial charge >= 0.3 is 0 Å². The Hall–Kier alpha value is -1.10. The number of nitrogens with one attached hydrogen (secondary N) is 1. The van der Waals surface area contributed by atoms with Crippen LogP contribution in [-0.2, 0) is 16.0 Å². The van der Waals surface area contributed by atoms with Gasteiger partial charge in [0.25, 0.3) is 0 Å². The number of rotatable bonds is 4. The molecule has 1 saturated heterocycles. The molecule has 1 aromatic carbocycles. The third kappa shape index (κ3) is 3.43. The van der Waals surface area contributed by atoms with Crippen LogP contribution in [0.4, 0.5) is 0 Å². The van der Waals surface area contributed by atoms with Crippen LogP contribution in [0.1, 0.15) is 19.4 Å². The van der Waals surface area contributed by atoms with Crippen LogP contribution >= 0.6 is 0 Å². The molecule has 0 radical (unpaired) electrons. The van der Waals surface area contributed by atoms with Gasteiger partial charge in [-0.3, -0.25) is 0 Å². The second-order valence-corrected chi connectivity index (χ2v) is 4.71. The number of benzene rings is 1. The standard InChI is InChI=1S/C13H19NO3/c1-13(2)16-9-11(17-13)8-14-7-10-5-3-4-6-12(10)15/h3-6,11,14-15H,7-9H2,1-2H3. The fraction of sp³-hybridized carbons (Fsp3) is 0.538. The SMILES string of the molecule is CC1(C)OCC(CNCc2ccccc2O)O1. The molecule has 0 saturated carbocycles. The Morgan fingerprint density at radius 3 is 2.82 bits per heavy atom. The fourth-order valence-corrected chi connectivity index (χ4v) is 1.89. The zero-order chi connectivity index (χ0) is 12.3. The first-order chi connectivity index (χ1) is 8.07. The van der Waals surface area contributed by atoms with Crippen LogP contribution < -0.4 is 5.32 Å². The van der Waals surface area contributed by atoms with Crippen molar-refractivity contribution in [3.63, 3.8) is 0 Å². The van der Waals surface area contributed by atoms with Gasteiger partial charge in [-0.2, -0.15) is 0 Å². The van der Waals surface area contributed by atoms with Crippen molar-refractivity contribution in [2.24, 2.45) is 0 Å². The third-order valence-electron chi connectivity index (χ3n) is 2.75. The maximum Gasteiger partial charge on any atom is 0.163 e. The first-order valence-corrected chi connectivity index (χ1v) is 5.86. The van der Waals surface area contributed by atoms with Crippen molar-refractivity contribution < 1.29 is 14.6 Å². The summed E-state index contributed by atoms with van der Waals surface area (Å²) in [5.41, 5.74) is 0.894. The predicted molar refractivity (Wildman–Crippen MR) is 64.7 cm³/mol.